The lowest BCUT2D eigenvalue weighted by Gasteiger charge is -2.35. The van der Waals surface area contributed by atoms with Crippen LogP contribution in [0.3, 0.4) is 0 Å². The van der Waals surface area contributed by atoms with Crippen LogP contribution in [-0.2, 0) is 5.41 Å². The summed E-state index contributed by atoms with van der Waals surface area (Å²) >= 11 is 6.31. The molecule has 0 aromatic heterocycles. The van der Waals surface area contributed by atoms with Gasteiger partial charge in [-0.1, -0.05) is 25.4 Å². The summed E-state index contributed by atoms with van der Waals surface area (Å²) in [4.78, 5) is 13.7. The molecular formula is C28H23ClO7. The number of rotatable bonds is 2. The highest BCUT2D eigenvalue weighted by Crippen LogP contribution is 2.53. The maximum Gasteiger partial charge on any atom is 0.201 e. The van der Waals surface area contributed by atoms with Gasteiger partial charge in [-0.15, -0.1) is 0 Å². The van der Waals surface area contributed by atoms with E-state index in [4.69, 9.17) is 16.3 Å². The highest BCUT2D eigenvalue weighted by molar-refractivity contribution is 6.34. The number of phenolic OH excluding ortho intramolecular Hbond substituents is 5. The van der Waals surface area contributed by atoms with Crippen LogP contribution in [0, 0.1) is 6.92 Å². The van der Waals surface area contributed by atoms with E-state index in [0.29, 0.717) is 33.2 Å². The van der Waals surface area contributed by atoms with Crippen LogP contribution in [0.4, 0.5) is 0 Å². The molecule has 0 saturated carbocycles. The van der Waals surface area contributed by atoms with Gasteiger partial charge >= 0.3 is 0 Å². The first kappa shape index (κ1) is 23.6. The second-order valence-electron chi connectivity index (χ2n) is 9.52. The van der Waals surface area contributed by atoms with Gasteiger partial charge in [0, 0.05) is 28.0 Å². The van der Waals surface area contributed by atoms with Crippen molar-refractivity contribution in [3.8, 4) is 45.6 Å². The average Bonchev–Trinajstić information content (AvgIpc) is 2.78. The monoisotopic (exact) mass is 506 g/mol. The van der Waals surface area contributed by atoms with E-state index in [2.05, 4.69) is 0 Å². The zero-order valence-corrected chi connectivity index (χ0v) is 20.7. The van der Waals surface area contributed by atoms with Crippen LogP contribution in [0.2, 0.25) is 5.02 Å². The maximum absolute atomic E-state index is 13.7. The molecule has 4 aromatic rings. The van der Waals surface area contributed by atoms with Crippen LogP contribution >= 0.6 is 11.6 Å². The Hall–Kier alpha value is -4.10. The summed E-state index contributed by atoms with van der Waals surface area (Å²) in [5, 5.41) is 53.7. The molecule has 0 radical (unpaired) electrons. The molecule has 1 aliphatic rings. The first-order chi connectivity index (χ1) is 16.9. The number of hydrogen-bond acceptors (Lipinski definition) is 7. The summed E-state index contributed by atoms with van der Waals surface area (Å²) in [6, 6.07) is 8.57. The molecule has 0 amide bonds. The number of phenols is 5. The number of carbonyl (C=O) groups is 1. The van der Waals surface area contributed by atoms with Crippen LogP contribution < -0.4 is 4.74 Å². The summed E-state index contributed by atoms with van der Waals surface area (Å²) in [6.45, 7) is 5.35. The van der Waals surface area contributed by atoms with Crippen molar-refractivity contribution >= 4 is 28.2 Å². The molecule has 0 aliphatic heterocycles. The molecule has 0 spiro atoms. The fraction of sp³-hybridized carbons (Fsp3) is 0.179. The highest BCUT2D eigenvalue weighted by atomic mass is 35.5. The molecule has 0 atom stereocenters. The van der Waals surface area contributed by atoms with Gasteiger partial charge in [-0.25, -0.2) is 0 Å². The molecular weight excluding hydrogens is 484 g/mol. The van der Waals surface area contributed by atoms with Crippen LogP contribution in [0.5, 0.6) is 34.5 Å². The van der Waals surface area contributed by atoms with Gasteiger partial charge in [-0.2, -0.15) is 0 Å². The Labute approximate surface area is 211 Å². The largest absolute Gasteiger partial charge is 0.508 e. The SMILES string of the molecule is COc1c(Cl)c(O)cc(C)c1-c1cc(O)cc2cc3c(c(O)c12)C(=O)c1c(O)cc(O)cc1C3(C)C. The van der Waals surface area contributed by atoms with Gasteiger partial charge < -0.3 is 30.3 Å². The van der Waals surface area contributed by atoms with Gasteiger partial charge in [0.2, 0.25) is 5.78 Å². The Morgan fingerprint density at radius 1 is 0.806 bits per heavy atom. The standard InChI is InChI=1S/C28H23ClO7/c1-11-5-19(33)24(29)27(36-4)20(11)15-8-13(30)6-12-7-16-23(25(34)21(12)15)26(35)22-17(28(16,2)3)9-14(31)10-18(22)32/h5-10,30-34H,1-4H3. The van der Waals surface area contributed by atoms with Gasteiger partial charge in [0.25, 0.3) is 0 Å². The fourth-order valence-corrected chi connectivity index (χ4v) is 5.54. The van der Waals surface area contributed by atoms with Crippen molar-refractivity contribution in [1.29, 1.82) is 0 Å². The zero-order chi connectivity index (χ0) is 26.3. The Kier molecular flexibility index (Phi) is 5.05. The van der Waals surface area contributed by atoms with Gasteiger partial charge in [0.15, 0.2) is 0 Å². The molecule has 5 rings (SSSR count). The Morgan fingerprint density at radius 2 is 1.44 bits per heavy atom. The number of carbonyl (C=O) groups excluding carboxylic acids is 1. The first-order valence-corrected chi connectivity index (χ1v) is 11.5. The summed E-state index contributed by atoms with van der Waals surface area (Å²) < 4.78 is 5.48. The zero-order valence-electron chi connectivity index (χ0n) is 19.9. The molecule has 0 fully saturated rings. The predicted molar refractivity (Wildman–Crippen MR) is 136 cm³/mol. The second kappa shape index (κ2) is 7.70. The molecule has 5 N–H and O–H groups in total. The summed E-state index contributed by atoms with van der Waals surface area (Å²) in [5.74, 6) is -1.65. The van der Waals surface area contributed by atoms with Crippen molar-refractivity contribution < 1.29 is 35.1 Å². The van der Waals surface area contributed by atoms with Crippen molar-refractivity contribution in [2.24, 2.45) is 0 Å². The summed E-state index contributed by atoms with van der Waals surface area (Å²) in [5.41, 5.74) is 1.33. The first-order valence-electron chi connectivity index (χ1n) is 11.1. The van der Waals surface area contributed by atoms with Crippen molar-refractivity contribution in [3.63, 3.8) is 0 Å². The van der Waals surface area contributed by atoms with Crippen molar-refractivity contribution in [1.82, 2.24) is 0 Å². The number of aryl methyl sites for hydroxylation is 1. The number of methoxy groups -OCH3 is 1. The molecule has 36 heavy (non-hydrogen) atoms. The molecule has 4 aromatic carbocycles. The highest BCUT2D eigenvalue weighted by Gasteiger charge is 2.41. The van der Waals surface area contributed by atoms with E-state index in [1.807, 2.05) is 13.8 Å². The minimum atomic E-state index is -0.887. The van der Waals surface area contributed by atoms with Crippen molar-refractivity contribution in [3.05, 3.63) is 69.2 Å². The van der Waals surface area contributed by atoms with Crippen molar-refractivity contribution in [2.45, 2.75) is 26.2 Å². The minimum Gasteiger partial charge on any atom is -0.508 e. The lowest BCUT2D eigenvalue weighted by atomic mass is 9.67. The van der Waals surface area contributed by atoms with Gasteiger partial charge in [-0.05, 0) is 59.3 Å². The van der Waals surface area contributed by atoms with E-state index in [1.54, 1.807) is 13.0 Å². The van der Waals surface area contributed by atoms with Gasteiger partial charge in [-0.3, -0.25) is 4.79 Å². The summed E-state index contributed by atoms with van der Waals surface area (Å²) in [6.07, 6.45) is 0. The third-order valence-corrected chi connectivity index (χ3v) is 7.34. The Balaban J connectivity index is 1.94. The molecule has 8 heteroatoms. The van der Waals surface area contributed by atoms with Gasteiger partial charge in [0.1, 0.15) is 39.5 Å². The normalized spacial score (nSPS) is 14.0. The number of benzene rings is 4. The van der Waals surface area contributed by atoms with Crippen LogP contribution in [0.1, 0.15) is 46.5 Å². The third kappa shape index (κ3) is 3.09. The van der Waals surface area contributed by atoms with E-state index in [-0.39, 0.29) is 56.0 Å². The maximum atomic E-state index is 13.7. The van der Waals surface area contributed by atoms with Crippen LogP contribution in [-0.4, -0.2) is 38.4 Å². The molecule has 0 heterocycles. The predicted octanol–water partition coefficient (Wildman–Crippen LogP) is 5.88. The van der Waals surface area contributed by atoms with E-state index < -0.39 is 11.2 Å². The number of aromatic hydroxyl groups is 5. The molecule has 1 aliphatic carbocycles. The molecule has 0 unspecified atom stereocenters. The quantitative estimate of drug-likeness (QED) is 0.230. The Morgan fingerprint density at radius 3 is 2.11 bits per heavy atom. The average molecular weight is 507 g/mol. The van der Waals surface area contributed by atoms with Crippen LogP contribution in [0.15, 0.2) is 36.4 Å². The molecule has 0 bridgehead atoms. The van der Waals surface area contributed by atoms with Gasteiger partial charge in [0.05, 0.1) is 18.2 Å². The minimum absolute atomic E-state index is 0.00159. The number of ether oxygens (including phenoxy) is 1. The summed E-state index contributed by atoms with van der Waals surface area (Å²) in [7, 11) is 1.39. The smallest absolute Gasteiger partial charge is 0.201 e. The molecule has 7 nitrogen and oxygen atoms in total. The fourth-order valence-electron chi connectivity index (χ4n) is 5.31. The number of ketones is 1. The number of hydrogen-bond donors (Lipinski definition) is 5. The Bertz CT molecular complexity index is 1640. The van der Waals surface area contributed by atoms with Crippen LogP contribution in [0.25, 0.3) is 21.9 Å². The lowest BCUT2D eigenvalue weighted by molar-refractivity contribution is 0.102. The number of halogens is 1. The molecule has 184 valence electrons. The van der Waals surface area contributed by atoms with E-state index >= 15 is 0 Å². The van der Waals surface area contributed by atoms with E-state index in [1.165, 1.54) is 31.4 Å². The number of fused-ring (bicyclic) bond motifs is 3. The second-order valence-corrected chi connectivity index (χ2v) is 9.89. The lowest BCUT2D eigenvalue weighted by Crippen LogP contribution is -2.30. The van der Waals surface area contributed by atoms with E-state index in [0.717, 1.165) is 6.07 Å². The van der Waals surface area contributed by atoms with E-state index in [9.17, 15) is 30.3 Å². The third-order valence-electron chi connectivity index (χ3n) is 6.97. The topological polar surface area (TPSA) is 127 Å². The van der Waals surface area contributed by atoms with Crippen molar-refractivity contribution in [2.75, 3.05) is 7.11 Å². The molecule has 0 saturated heterocycles.